The molecule has 6 N–H and O–H groups in total. The number of aromatic nitrogens is 2. The number of ether oxygens (including phenoxy) is 1. The number of nitrogens with zero attached hydrogens (tertiary/aromatic N) is 2. The zero-order chi connectivity index (χ0) is 14.2. The lowest BCUT2D eigenvalue weighted by Gasteiger charge is -2.17. The monoisotopic (exact) mass is 270 g/mol. The van der Waals surface area contributed by atoms with Gasteiger partial charge in [0, 0.05) is 12.4 Å². The lowest BCUT2D eigenvalue weighted by atomic mass is 10.1. The summed E-state index contributed by atoms with van der Waals surface area (Å²) in [5.41, 5.74) is 4.22. The SMILES string of the molecule is N=C(N)c1nccn([C@@H]2O[C@H](CO)C(O)C2O)c1=O. The van der Waals surface area contributed by atoms with E-state index in [2.05, 4.69) is 4.98 Å². The second kappa shape index (κ2) is 5.05. The fraction of sp³-hybridized carbons (Fsp3) is 0.500. The summed E-state index contributed by atoms with van der Waals surface area (Å²) in [5.74, 6) is -0.508. The molecule has 0 aliphatic carbocycles. The molecular weight excluding hydrogens is 256 g/mol. The van der Waals surface area contributed by atoms with Gasteiger partial charge in [0.25, 0.3) is 5.56 Å². The molecule has 0 spiro atoms. The van der Waals surface area contributed by atoms with Crippen molar-refractivity contribution >= 4 is 5.84 Å². The van der Waals surface area contributed by atoms with E-state index in [9.17, 15) is 15.0 Å². The highest BCUT2D eigenvalue weighted by atomic mass is 16.6. The number of aliphatic hydroxyl groups is 3. The average molecular weight is 270 g/mol. The molecule has 0 aromatic carbocycles. The molecule has 19 heavy (non-hydrogen) atoms. The molecule has 1 aromatic rings. The summed E-state index contributed by atoms with van der Waals surface area (Å²) in [4.78, 5) is 15.7. The molecule has 0 bridgehead atoms. The van der Waals surface area contributed by atoms with Gasteiger partial charge >= 0.3 is 0 Å². The van der Waals surface area contributed by atoms with Crippen LogP contribution in [0.2, 0.25) is 0 Å². The molecule has 9 heteroatoms. The fourth-order valence-electron chi connectivity index (χ4n) is 1.92. The first-order chi connectivity index (χ1) is 8.97. The number of amidine groups is 1. The van der Waals surface area contributed by atoms with Gasteiger partial charge in [-0.15, -0.1) is 0 Å². The predicted molar refractivity (Wildman–Crippen MR) is 62.5 cm³/mol. The second-order valence-electron chi connectivity index (χ2n) is 4.13. The number of nitrogens with one attached hydrogen (secondary N) is 1. The van der Waals surface area contributed by atoms with E-state index in [4.69, 9.17) is 21.0 Å². The van der Waals surface area contributed by atoms with E-state index in [0.29, 0.717) is 0 Å². The maximum atomic E-state index is 12.0. The maximum absolute atomic E-state index is 12.0. The Labute approximate surface area is 107 Å². The van der Waals surface area contributed by atoms with E-state index in [1.807, 2.05) is 0 Å². The largest absolute Gasteiger partial charge is 0.394 e. The highest BCUT2D eigenvalue weighted by molar-refractivity contribution is 5.92. The highest BCUT2D eigenvalue weighted by Crippen LogP contribution is 2.27. The number of rotatable bonds is 3. The third-order valence-corrected chi connectivity index (χ3v) is 2.91. The first kappa shape index (κ1) is 13.6. The topological polar surface area (TPSA) is 155 Å². The standard InChI is InChI=1S/C10H14N4O5/c11-8(12)5-9(18)14(2-1-13-5)10-7(17)6(16)4(3-15)19-10/h1-2,4,6-7,10,15-17H,3H2,(H3,11,12)/t4-,6?,7?,10-/m1/s1. The average Bonchev–Trinajstić information content (AvgIpc) is 2.66. The van der Waals surface area contributed by atoms with Gasteiger partial charge in [-0.05, 0) is 0 Å². The Morgan fingerprint density at radius 3 is 2.74 bits per heavy atom. The first-order valence-electron chi connectivity index (χ1n) is 5.51. The summed E-state index contributed by atoms with van der Waals surface area (Å²) >= 11 is 0. The molecule has 2 heterocycles. The molecule has 2 rings (SSSR count). The molecule has 9 nitrogen and oxygen atoms in total. The zero-order valence-electron chi connectivity index (χ0n) is 9.80. The van der Waals surface area contributed by atoms with Crippen molar-refractivity contribution in [3.8, 4) is 0 Å². The van der Waals surface area contributed by atoms with Crippen LogP contribution in [0.5, 0.6) is 0 Å². The molecule has 1 aliphatic rings. The van der Waals surface area contributed by atoms with Gasteiger partial charge < -0.3 is 25.8 Å². The van der Waals surface area contributed by atoms with Crippen LogP contribution >= 0.6 is 0 Å². The van der Waals surface area contributed by atoms with Crippen molar-refractivity contribution in [2.24, 2.45) is 5.73 Å². The highest BCUT2D eigenvalue weighted by Gasteiger charge is 2.43. The lowest BCUT2D eigenvalue weighted by Crippen LogP contribution is -2.38. The van der Waals surface area contributed by atoms with E-state index in [1.54, 1.807) is 0 Å². The Morgan fingerprint density at radius 2 is 2.21 bits per heavy atom. The van der Waals surface area contributed by atoms with Gasteiger partial charge in [0.15, 0.2) is 11.9 Å². The van der Waals surface area contributed by atoms with Crippen molar-refractivity contribution in [3.63, 3.8) is 0 Å². The van der Waals surface area contributed by atoms with Crippen molar-refractivity contribution in [2.45, 2.75) is 24.5 Å². The Bertz CT molecular complexity index is 545. The third kappa shape index (κ3) is 2.24. The molecule has 1 aliphatic heterocycles. The van der Waals surface area contributed by atoms with Crippen LogP contribution in [-0.4, -0.2) is 55.6 Å². The molecule has 1 fully saturated rings. The van der Waals surface area contributed by atoms with Crippen LogP contribution in [-0.2, 0) is 4.74 Å². The smallest absolute Gasteiger partial charge is 0.282 e. The minimum absolute atomic E-state index is 0.278. The number of aliphatic hydroxyl groups excluding tert-OH is 3. The van der Waals surface area contributed by atoms with Crippen LogP contribution < -0.4 is 11.3 Å². The number of nitrogens with two attached hydrogens (primary N) is 1. The molecule has 0 amide bonds. The van der Waals surface area contributed by atoms with Crippen molar-refractivity contribution < 1.29 is 20.1 Å². The van der Waals surface area contributed by atoms with Crippen LogP contribution in [0.3, 0.4) is 0 Å². The number of hydrogen-bond donors (Lipinski definition) is 5. The van der Waals surface area contributed by atoms with Crippen LogP contribution in [0.25, 0.3) is 0 Å². The number of hydrogen-bond acceptors (Lipinski definition) is 7. The van der Waals surface area contributed by atoms with E-state index < -0.39 is 42.5 Å². The molecule has 0 radical (unpaired) electrons. The van der Waals surface area contributed by atoms with Crippen molar-refractivity contribution in [2.75, 3.05) is 6.61 Å². The van der Waals surface area contributed by atoms with E-state index in [0.717, 1.165) is 4.57 Å². The maximum Gasteiger partial charge on any atom is 0.282 e. The summed E-state index contributed by atoms with van der Waals surface area (Å²) in [6.45, 7) is -0.492. The van der Waals surface area contributed by atoms with Crippen molar-refractivity contribution in [1.29, 1.82) is 5.41 Å². The second-order valence-corrected chi connectivity index (χ2v) is 4.13. The van der Waals surface area contributed by atoms with Gasteiger partial charge in [-0.1, -0.05) is 0 Å². The Balaban J connectivity index is 2.41. The molecular formula is C10H14N4O5. The normalized spacial score (nSPS) is 30.5. The van der Waals surface area contributed by atoms with Gasteiger partial charge in [-0.3, -0.25) is 14.8 Å². The lowest BCUT2D eigenvalue weighted by molar-refractivity contribution is -0.0545. The van der Waals surface area contributed by atoms with Gasteiger partial charge in [-0.2, -0.15) is 0 Å². The van der Waals surface area contributed by atoms with Gasteiger partial charge in [0.05, 0.1) is 6.61 Å². The summed E-state index contributed by atoms with van der Waals surface area (Å²) in [6.07, 6.45) is -2.36. The third-order valence-electron chi connectivity index (χ3n) is 2.91. The predicted octanol–water partition coefficient (Wildman–Crippen LogP) is -2.86. The minimum Gasteiger partial charge on any atom is -0.394 e. The Kier molecular flexibility index (Phi) is 3.62. The van der Waals surface area contributed by atoms with Gasteiger partial charge in [-0.25, -0.2) is 4.98 Å². The number of nitrogen functional groups attached to an aromatic ring is 1. The Morgan fingerprint density at radius 1 is 1.53 bits per heavy atom. The van der Waals surface area contributed by atoms with Crippen LogP contribution in [0.4, 0.5) is 0 Å². The van der Waals surface area contributed by atoms with Crippen LogP contribution in [0, 0.1) is 5.41 Å². The molecule has 0 saturated carbocycles. The summed E-state index contributed by atoms with van der Waals surface area (Å²) in [5, 5.41) is 35.6. The molecule has 104 valence electrons. The Hall–Kier alpha value is -1.81. The summed E-state index contributed by atoms with van der Waals surface area (Å²) < 4.78 is 6.19. The molecule has 1 saturated heterocycles. The van der Waals surface area contributed by atoms with Crippen molar-refractivity contribution in [3.05, 3.63) is 28.4 Å². The van der Waals surface area contributed by atoms with E-state index in [-0.39, 0.29) is 5.69 Å². The van der Waals surface area contributed by atoms with Crippen molar-refractivity contribution in [1.82, 2.24) is 9.55 Å². The van der Waals surface area contributed by atoms with E-state index >= 15 is 0 Å². The quantitative estimate of drug-likeness (QED) is 0.292. The van der Waals surface area contributed by atoms with E-state index in [1.165, 1.54) is 12.4 Å². The summed E-state index contributed by atoms with van der Waals surface area (Å²) in [6, 6.07) is 0. The van der Waals surface area contributed by atoms with Crippen LogP contribution in [0.15, 0.2) is 17.2 Å². The minimum atomic E-state index is -1.38. The van der Waals surface area contributed by atoms with Gasteiger partial charge in [0.1, 0.15) is 24.1 Å². The molecule has 1 aromatic heterocycles. The van der Waals surface area contributed by atoms with Gasteiger partial charge in [0.2, 0.25) is 0 Å². The zero-order valence-corrected chi connectivity index (χ0v) is 9.80. The molecule has 2 unspecified atom stereocenters. The summed E-state index contributed by atoms with van der Waals surface area (Å²) in [7, 11) is 0. The van der Waals surface area contributed by atoms with Crippen LogP contribution in [0.1, 0.15) is 11.9 Å². The first-order valence-corrected chi connectivity index (χ1v) is 5.51. The molecule has 4 atom stereocenters. The fourth-order valence-corrected chi connectivity index (χ4v) is 1.92.